The molecule has 6 nitrogen and oxygen atoms in total. The van der Waals surface area contributed by atoms with Crippen LogP contribution >= 0.6 is 0 Å². The Kier molecular flexibility index (Phi) is 5.24. The molecule has 4 rings (SSSR count). The van der Waals surface area contributed by atoms with Gasteiger partial charge in [0, 0.05) is 24.0 Å². The van der Waals surface area contributed by atoms with E-state index in [4.69, 9.17) is 0 Å². The lowest BCUT2D eigenvalue weighted by Crippen LogP contribution is -2.55. The molecule has 0 saturated carbocycles. The van der Waals surface area contributed by atoms with Crippen LogP contribution < -0.4 is 10.6 Å². The Bertz CT molecular complexity index is 953. The number of nitrogens with zero attached hydrogens (tertiary/aromatic N) is 4. The number of nitriles is 1. The van der Waals surface area contributed by atoms with Gasteiger partial charge in [-0.15, -0.1) is 0 Å². The Labute approximate surface area is 180 Å². The minimum Gasteiger partial charge on any atom is -0.365 e. The van der Waals surface area contributed by atoms with Crippen molar-refractivity contribution in [2.45, 2.75) is 69.1 Å². The van der Waals surface area contributed by atoms with Gasteiger partial charge >= 0.3 is 0 Å². The Hall–Kier alpha value is -2.60. The third-order valence-electron chi connectivity index (χ3n) is 6.57. The predicted octanol–water partition coefficient (Wildman–Crippen LogP) is 4.11. The van der Waals surface area contributed by atoms with Gasteiger partial charge in [-0.2, -0.15) is 10.2 Å². The van der Waals surface area contributed by atoms with Crippen molar-refractivity contribution in [3.63, 3.8) is 0 Å². The van der Waals surface area contributed by atoms with Crippen LogP contribution in [0.2, 0.25) is 0 Å². The minimum atomic E-state index is -2.69. The third kappa shape index (κ3) is 4.26. The first kappa shape index (κ1) is 21.6. The summed E-state index contributed by atoms with van der Waals surface area (Å²) in [4.78, 5) is 10.2. The molecule has 31 heavy (non-hydrogen) atoms. The molecule has 3 heterocycles. The zero-order valence-corrected chi connectivity index (χ0v) is 17.9. The predicted molar refractivity (Wildman–Crippen MR) is 112 cm³/mol. The van der Waals surface area contributed by atoms with E-state index in [9.17, 15) is 18.4 Å². The maximum atomic E-state index is 14.5. The number of allylic oxidation sites excluding steroid dienone is 2. The number of hydrogen-bond donors (Lipinski definition) is 2. The summed E-state index contributed by atoms with van der Waals surface area (Å²) in [6.45, 7) is 5.52. The molecule has 0 radical (unpaired) electrons. The third-order valence-corrected chi connectivity index (χ3v) is 6.57. The molecule has 0 spiro atoms. The number of rotatable bonds is 4. The second kappa shape index (κ2) is 7.52. The van der Waals surface area contributed by atoms with Crippen LogP contribution in [-0.2, 0) is 0 Å². The summed E-state index contributed by atoms with van der Waals surface area (Å²) in [5.74, 6) is -3.51. The molecule has 3 aliphatic rings. The number of alkyl halides is 2. The maximum Gasteiger partial charge on any atom is 0.262 e. The highest BCUT2D eigenvalue weighted by Crippen LogP contribution is 2.44. The zero-order chi connectivity index (χ0) is 22.4. The van der Waals surface area contributed by atoms with Crippen LogP contribution in [0.3, 0.4) is 0 Å². The van der Waals surface area contributed by atoms with Crippen LogP contribution in [0.1, 0.15) is 40.0 Å². The molecule has 166 valence electrons. The second-order valence-corrected chi connectivity index (χ2v) is 9.58. The summed E-state index contributed by atoms with van der Waals surface area (Å²) in [7, 11) is 0. The monoisotopic (exact) mass is 432 g/mol. The molecule has 9 heteroatoms. The fraction of sp³-hybridized carbons (Fsp3) is 0.591. The van der Waals surface area contributed by atoms with E-state index < -0.39 is 28.7 Å². The Morgan fingerprint density at radius 3 is 2.74 bits per heavy atom. The summed E-state index contributed by atoms with van der Waals surface area (Å²) >= 11 is 0. The van der Waals surface area contributed by atoms with Gasteiger partial charge in [-0.25, -0.2) is 18.2 Å². The topological polar surface area (TPSA) is 76.9 Å². The van der Waals surface area contributed by atoms with E-state index in [1.165, 1.54) is 0 Å². The van der Waals surface area contributed by atoms with Crippen molar-refractivity contribution in [1.29, 1.82) is 5.26 Å². The highest BCUT2D eigenvalue weighted by molar-refractivity contribution is 5.46. The molecular formula is C22H27F3N6. The lowest BCUT2D eigenvalue weighted by atomic mass is 9.83. The largest absolute Gasteiger partial charge is 0.365 e. The van der Waals surface area contributed by atoms with Gasteiger partial charge in [-0.3, -0.25) is 4.90 Å². The molecule has 1 aromatic rings. The van der Waals surface area contributed by atoms with Crippen molar-refractivity contribution in [2.75, 3.05) is 17.2 Å². The molecule has 2 fully saturated rings. The fourth-order valence-electron chi connectivity index (χ4n) is 5.05. The number of fused-ring (bicyclic) bond motifs is 1. The molecule has 1 aromatic heterocycles. The van der Waals surface area contributed by atoms with Crippen molar-refractivity contribution in [3.8, 4) is 6.07 Å². The van der Waals surface area contributed by atoms with Gasteiger partial charge in [0.15, 0.2) is 11.6 Å². The number of anilines is 2. The van der Waals surface area contributed by atoms with E-state index in [1.807, 2.05) is 37.8 Å². The summed E-state index contributed by atoms with van der Waals surface area (Å²) in [5, 5.41) is 15.7. The number of halogens is 3. The van der Waals surface area contributed by atoms with Gasteiger partial charge in [0.1, 0.15) is 0 Å². The van der Waals surface area contributed by atoms with Crippen LogP contribution in [0.25, 0.3) is 0 Å². The normalized spacial score (nSPS) is 33.5. The number of piperidine rings is 1. The summed E-state index contributed by atoms with van der Waals surface area (Å²) in [6.07, 6.45) is 9.24. The summed E-state index contributed by atoms with van der Waals surface area (Å²) in [5.41, 5.74) is -1.17. The van der Waals surface area contributed by atoms with E-state index in [-0.39, 0.29) is 36.8 Å². The van der Waals surface area contributed by atoms with Crippen molar-refractivity contribution >= 4 is 11.8 Å². The van der Waals surface area contributed by atoms with Gasteiger partial charge in [-0.05, 0) is 33.6 Å². The molecule has 2 N–H and O–H groups in total. The highest BCUT2D eigenvalue weighted by Gasteiger charge is 2.53. The molecule has 2 unspecified atom stereocenters. The molecular weight excluding hydrogens is 405 g/mol. The summed E-state index contributed by atoms with van der Waals surface area (Å²) in [6, 6.07) is 1.78. The van der Waals surface area contributed by atoms with Crippen LogP contribution in [0, 0.1) is 23.1 Å². The Morgan fingerprint density at radius 1 is 1.23 bits per heavy atom. The second-order valence-electron chi connectivity index (χ2n) is 9.58. The standard InChI is InChI=1S/C22H27F3N6/c1-20(2)9-15(8-16-10-22(24,25)13-31(16)20)28-18-17(23)12-27-19(29-18)30-21(3)7-5-4-6-14(21)11-26/h4-7,12,14-16H,8-10,13H2,1-3H3,(H2,27,28,29,30)/t14?,15-,16+,21?/m0/s1. The molecule has 0 bridgehead atoms. The molecule has 0 amide bonds. The molecule has 2 saturated heterocycles. The number of nitrogens with one attached hydrogen (secondary N) is 2. The van der Waals surface area contributed by atoms with Crippen molar-refractivity contribution < 1.29 is 13.2 Å². The van der Waals surface area contributed by atoms with Gasteiger partial charge < -0.3 is 10.6 Å². The first-order chi connectivity index (χ1) is 14.5. The average Bonchev–Trinajstić information content (AvgIpc) is 2.99. The van der Waals surface area contributed by atoms with Crippen LogP contribution in [0.15, 0.2) is 30.5 Å². The van der Waals surface area contributed by atoms with Crippen molar-refractivity contribution in [3.05, 3.63) is 36.3 Å². The minimum absolute atomic E-state index is 0.0314. The van der Waals surface area contributed by atoms with Crippen LogP contribution in [0.5, 0.6) is 0 Å². The van der Waals surface area contributed by atoms with Crippen LogP contribution in [0.4, 0.5) is 24.9 Å². The Morgan fingerprint density at radius 2 is 2.00 bits per heavy atom. The first-order valence-corrected chi connectivity index (χ1v) is 10.5. The van der Waals surface area contributed by atoms with Gasteiger partial charge in [0.05, 0.1) is 30.3 Å². The lowest BCUT2D eigenvalue weighted by Gasteiger charge is -2.47. The summed E-state index contributed by atoms with van der Waals surface area (Å²) < 4.78 is 42.5. The van der Waals surface area contributed by atoms with E-state index in [1.54, 1.807) is 12.2 Å². The van der Waals surface area contributed by atoms with Gasteiger partial charge in [0.2, 0.25) is 5.95 Å². The Balaban J connectivity index is 1.51. The average molecular weight is 432 g/mol. The first-order valence-electron chi connectivity index (χ1n) is 10.5. The molecule has 4 atom stereocenters. The SMILES string of the molecule is CC1(Nc2ncc(F)c(N[C@H]3C[C@@H]4CC(F)(F)CN4C(C)(C)C3)n2)C=CC=CC1C#N. The van der Waals surface area contributed by atoms with E-state index in [0.717, 1.165) is 6.20 Å². The number of aromatic nitrogens is 2. The number of hydrogen-bond acceptors (Lipinski definition) is 6. The van der Waals surface area contributed by atoms with Crippen molar-refractivity contribution in [1.82, 2.24) is 14.9 Å². The maximum absolute atomic E-state index is 14.5. The smallest absolute Gasteiger partial charge is 0.262 e. The fourth-order valence-corrected chi connectivity index (χ4v) is 5.05. The van der Waals surface area contributed by atoms with Crippen molar-refractivity contribution in [2.24, 2.45) is 5.92 Å². The highest BCUT2D eigenvalue weighted by atomic mass is 19.3. The molecule has 0 aromatic carbocycles. The van der Waals surface area contributed by atoms with E-state index in [0.29, 0.717) is 12.8 Å². The zero-order valence-electron chi connectivity index (χ0n) is 17.9. The van der Waals surface area contributed by atoms with Gasteiger partial charge in [0.25, 0.3) is 5.92 Å². The van der Waals surface area contributed by atoms with Crippen LogP contribution in [-0.4, -0.2) is 50.5 Å². The van der Waals surface area contributed by atoms with E-state index in [2.05, 4.69) is 26.7 Å². The van der Waals surface area contributed by atoms with E-state index >= 15 is 0 Å². The molecule has 1 aliphatic carbocycles. The van der Waals surface area contributed by atoms with Gasteiger partial charge in [-0.1, -0.05) is 24.3 Å². The molecule has 2 aliphatic heterocycles. The quantitative estimate of drug-likeness (QED) is 0.746. The lowest BCUT2D eigenvalue weighted by molar-refractivity contribution is -0.00687.